The highest BCUT2D eigenvalue weighted by Crippen LogP contribution is 2.34. The molecule has 7 heteroatoms. The molecule has 0 radical (unpaired) electrons. The standard InChI is InChI=1S/C10H14F3N3S/c1-6-2-4-7(5-3-6)14-9-16-15-8(17-9)10(11,12)13/h6-7H,2-5H2,1H3,(H,14,16). The van der Waals surface area contributed by atoms with Gasteiger partial charge in [-0.3, -0.25) is 0 Å². The molecule has 2 rings (SSSR count). The van der Waals surface area contributed by atoms with Crippen molar-refractivity contribution in [1.82, 2.24) is 10.2 Å². The summed E-state index contributed by atoms with van der Waals surface area (Å²) < 4.78 is 36.9. The molecule has 1 aromatic rings. The Morgan fingerprint density at radius 3 is 2.35 bits per heavy atom. The molecule has 0 aliphatic heterocycles. The molecule has 1 saturated carbocycles. The highest BCUT2D eigenvalue weighted by Gasteiger charge is 2.35. The summed E-state index contributed by atoms with van der Waals surface area (Å²) in [7, 11) is 0. The predicted molar refractivity (Wildman–Crippen MR) is 60.0 cm³/mol. The molecule has 0 amide bonds. The van der Waals surface area contributed by atoms with Crippen molar-refractivity contribution >= 4 is 16.5 Å². The van der Waals surface area contributed by atoms with Crippen LogP contribution in [-0.2, 0) is 6.18 Å². The quantitative estimate of drug-likeness (QED) is 0.888. The minimum Gasteiger partial charge on any atom is -0.357 e. The van der Waals surface area contributed by atoms with Gasteiger partial charge in [0.15, 0.2) is 0 Å². The Morgan fingerprint density at radius 1 is 1.18 bits per heavy atom. The fourth-order valence-electron chi connectivity index (χ4n) is 1.98. The fraction of sp³-hybridized carbons (Fsp3) is 0.800. The van der Waals surface area contributed by atoms with Gasteiger partial charge in [0.2, 0.25) is 10.1 Å². The second-order valence-corrected chi connectivity index (χ2v) is 5.49. The number of aromatic nitrogens is 2. The lowest BCUT2D eigenvalue weighted by atomic mass is 9.87. The van der Waals surface area contributed by atoms with Gasteiger partial charge in [0.1, 0.15) is 0 Å². The first-order valence-electron chi connectivity index (χ1n) is 5.62. The van der Waals surface area contributed by atoms with Crippen LogP contribution in [0, 0.1) is 5.92 Å². The first-order chi connectivity index (χ1) is 7.95. The van der Waals surface area contributed by atoms with E-state index in [9.17, 15) is 13.2 Å². The summed E-state index contributed by atoms with van der Waals surface area (Å²) in [6.07, 6.45) is -0.186. The Morgan fingerprint density at radius 2 is 1.82 bits per heavy atom. The van der Waals surface area contributed by atoms with Gasteiger partial charge in [-0.25, -0.2) is 0 Å². The summed E-state index contributed by atoms with van der Waals surface area (Å²) in [6, 6.07) is 0.236. The van der Waals surface area contributed by atoms with E-state index >= 15 is 0 Å². The average molecular weight is 265 g/mol. The Hall–Kier alpha value is -0.850. The second kappa shape index (κ2) is 4.80. The molecule has 1 aromatic heterocycles. The maximum absolute atomic E-state index is 12.3. The van der Waals surface area contributed by atoms with Gasteiger partial charge in [-0.05, 0) is 31.6 Å². The molecule has 0 saturated heterocycles. The van der Waals surface area contributed by atoms with Gasteiger partial charge >= 0.3 is 6.18 Å². The van der Waals surface area contributed by atoms with E-state index in [1.165, 1.54) is 0 Å². The predicted octanol–water partition coefficient (Wildman–Crippen LogP) is 3.55. The van der Waals surface area contributed by atoms with Gasteiger partial charge in [-0.1, -0.05) is 18.3 Å². The van der Waals surface area contributed by atoms with E-state index in [1.807, 2.05) is 0 Å². The lowest BCUT2D eigenvalue weighted by Crippen LogP contribution is -2.25. The molecule has 1 heterocycles. The molecule has 0 atom stereocenters. The van der Waals surface area contributed by atoms with E-state index in [1.54, 1.807) is 0 Å². The Labute approximate surface area is 101 Å². The molecule has 96 valence electrons. The molecular formula is C10H14F3N3S. The van der Waals surface area contributed by atoms with Crippen LogP contribution in [0.25, 0.3) is 0 Å². The number of hydrogen-bond donors (Lipinski definition) is 1. The molecule has 1 N–H and O–H groups in total. The topological polar surface area (TPSA) is 37.8 Å². The molecule has 0 bridgehead atoms. The Kier molecular flexibility index (Phi) is 3.56. The monoisotopic (exact) mass is 265 g/mol. The first kappa shape index (κ1) is 12.6. The minimum absolute atomic E-state index is 0.236. The Balaban J connectivity index is 1.93. The van der Waals surface area contributed by atoms with Crippen molar-refractivity contribution in [3.63, 3.8) is 0 Å². The van der Waals surface area contributed by atoms with Gasteiger partial charge in [0.25, 0.3) is 0 Å². The van der Waals surface area contributed by atoms with Crippen LogP contribution in [0.1, 0.15) is 37.6 Å². The third-order valence-corrected chi connectivity index (χ3v) is 3.91. The van der Waals surface area contributed by atoms with Crippen LogP contribution in [0.3, 0.4) is 0 Å². The van der Waals surface area contributed by atoms with Crippen LogP contribution in [0.5, 0.6) is 0 Å². The van der Waals surface area contributed by atoms with Gasteiger partial charge in [-0.15, -0.1) is 10.2 Å². The number of hydrogen-bond acceptors (Lipinski definition) is 4. The van der Waals surface area contributed by atoms with E-state index in [4.69, 9.17) is 0 Å². The minimum atomic E-state index is -4.39. The summed E-state index contributed by atoms with van der Waals surface area (Å²) >= 11 is 0.576. The summed E-state index contributed by atoms with van der Waals surface area (Å²) in [6.45, 7) is 2.20. The van der Waals surface area contributed by atoms with Gasteiger partial charge in [0.05, 0.1) is 0 Å². The SMILES string of the molecule is CC1CCC(Nc2nnc(C(F)(F)F)s2)CC1. The summed E-state index contributed by atoms with van der Waals surface area (Å²) in [5.41, 5.74) is 0. The largest absolute Gasteiger partial charge is 0.445 e. The van der Waals surface area contributed by atoms with Crippen molar-refractivity contribution in [3.8, 4) is 0 Å². The van der Waals surface area contributed by atoms with Crippen LogP contribution in [0.15, 0.2) is 0 Å². The highest BCUT2D eigenvalue weighted by molar-refractivity contribution is 7.15. The number of anilines is 1. The summed E-state index contributed by atoms with van der Waals surface area (Å²) in [4.78, 5) is 0. The smallest absolute Gasteiger partial charge is 0.357 e. The lowest BCUT2D eigenvalue weighted by molar-refractivity contribution is -0.138. The molecule has 0 spiro atoms. The van der Waals surface area contributed by atoms with Crippen molar-refractivity contribution in [3.05, 3.63) is 5.01 Å². The number of alkyl halides is 3. The van der Waals surface area contributed by atoms with Crippen LogP contribution in [0.2, 0.25) is 0 Å². The molecule has 3 nitrogen and oxygen atoms in total. The van der Waals surface area contributed by atoms with Crippen molar-refractivity contribution < 1.29 is 13.2 Å². The molecule has 1 fully saturated rings. The van der Waals surface area contributed by atoms with E-state index in [2.05, 4.69) is 22.4 Å². The molecule has 0 aromatic carbocycles. The lowest BCUT2D eigenvalue weighted by Gasteiger charge is -2.26. The van der Waals surface area contributed by atoms with Crippen LogP contribution in [0.4, 0.5) is 18.3 Å². The molecule has 0 unspecified atom stereocenters. The van der Waals surface area contributed by atoms with Crippen LogP contribution >= 0.6 is 11.3 Å². The molecular weight excluding hydrogens is 251 g/mol. The Bertz CT molecular complexity index is 369. The van der Waals surface area contributed by atoms with Gasteiger partial charge in [0, 0.05) is 6.04 Å². The second-order valence-electron chi connectivity index (χ2n) is 4.51. The summed E-state index contributed by atoms with van der Waals surface area (Å²) in [5.74, 6) is 0.716. The molecule has 1 aliphatic rings. The zero-order valence-corrected chi connectivity index (χ0v) is 10.2. The zero-order chi connectivity index (χ0) is 12.5. The zero-order valence-electron chi connectivity index (χ0n) is 9.42. The van der Waals surface area contributed by atoms with Crippen molar-refractivity contribution in [1.29, 1.82) is 0 Å². The maximum Gasteiger partial charge on any atom is 0.445 e. The third-order valence-electron chi connectivity index (χ3n) is 3.01. The maximum atomic E-state index is 12.3. The van der Waals surface area contributed by atoms with Gasteiger partial charge in [-0.2, -0.15) is 13.2 Å². The van der Waals surface area contributed by atoms with E-state index in [0.717, 1.165) is 25.7 Å². The number of nitrogens with zero attached hydrogens (tertiary/aromatic N) is 2. The van der Waals surface area contributed by atoms with Crippen molar-refractivity contribution in [2.75, 3.05) is 5.32 Å². The third kappa shape index (κ3) is 3.31. The van der Waals surface area contributed by atoms with Crippen molar-refractivity contribution in [2.24, 2.45) is 5.92 Å². The van der Waals surface area contributed by atoms with Crippen LogP contribution in [-0.4, -0.2) is 16.2 Å². The fourth-order valence-corrected chi connectivity index (χ4v) is 2.66. The number of halogens is 3. The van der Waals surface area contributed by atoms with Crippen LogP contribution < -0.4 is 5.32 Å². The van der Waals surface area contributed by atoms with E-state index in [0.29, 0.717) is 17.3 Å². The first-order valence-corrected chi connectivity index (χ1v) is 6.44. The normalized spacial score (nSPS) is 25.9. The molecule has 17 heavy (non-hydrogen) atoms. The summed E-state index contributed by atoms with van der Waals surface area (Å²) in [5, 5.41) is 9.11. The average Bonchev–Trinajstić information content (AvgIpc) is 2.69. The van der Waals surface area contributed by atoms with Crippen molar-refractivity contribution in [2.45, 2.75) is 44.8 Å². The number of rotatable bonds is 2. The van der Waals surface area contributed by atoms with Gasteiger partial charge < -0.3 is 5.32 Å². The highest BCUT2D eigenvalue weighted by atomic mass is 32.1. The number of nitrogens with one attached hydrogen (secondary N) is 1. The molecule has 1 aliphatic carbocycles. The van der Waals surface area contributed by atoms with E-state index in [-0.39, 0.29) is 11.2 Å². The van der Waals surface area contributed by atoms with E-state index < -0.39 is 11.2 Å².